The lowest BCUT2D eigenvalue weighted by molar-refractivity contribution is 0.236. The van der Waals surface area contributed by atoms with Gasteiger partial charge in [0.15, 0.2) is 0 Å². The lowest BCUT2D eigenvalue weighted by atomic mass is 9.97. The molecule has 0 unspecified atom stereocenters. The molecule has 1 heteroatoms. The summed E-state index contributed by atoms with van der Waals surface area (Å²) in [5.41, 5.74) is -0.0256. The van der Waals surface area contributed by atoms with Gasteiger partial charge in [0.2, 0.25) is 0 Å². The Morgan fingerprint density at radius 1 is 1.55 bits per heavy atom. The molecule has 0 radical (unpaired) electrons. The van der Waals surface area contributed by atoms with Crippen LogP contribution in [0.1, 0.15) is 27.2 Å². The van der Waals surface area contributed by atoms with Gasteiger partial charge < -0.3 is 5.11 Å². The minimum Gasteiger partial charge on any atom is -0.380 e. The Balaban J connectivity index is 3.96. The molecule has 0 aromatic heterocycles. The Bertz CT molecular complexity index is 175. The summed E-state index contributed by atoms with van der Waals surface area (Å²) < 4.78 is 0. The summed E-state index contributed by atoms with van der Waals surface area (Å²) in [5, 5.41) is 9.17. The molecule has 0 aliphatic carbocycles. The zero-order valence-electron chi connectivity index (χ0n) is 7.52. The fourth-order valence-electron chi connectivity index (χ4n) is 0.517. The van der Waals surface area contributed by atoms with Gasteiger partial charge in [0.25, 0.3) is 0 Å². The third kappa shape index (κ3) is 7.15. The monoisotopic (exact) mass is 152 g/mol. The largest absolute Gasteiger partial charge is 0.380 e. The van der Waals surface area contributed by atoms with Crippen LogP contribution in [0.25, 0.3) is 0 Å². The van der Waals surface area contributed by atoms with Crippen LogP contribution >= 0.6 is 0 Å². The molecule has 0 saturated heterocycles. The van der Waals surface area contributed by atoms with Crippen molar-refractivity contribution < 1.29 is 5.11 Å². The van der Waals surface area contributed by atoms with Crippen molar-refractivity contribution in [1.82, 2.24) is 0 Å². The van der Waals surface area contributed by atoms with Gasteiger partial charge in [-0.2, -0.15) is 0 Å². The maximum atomic E-state index is 9.17. The fraction of sp³-hybridized carbons (Fsp3) is 0.600. The second kappa shape index (κ2) is 4.20. The van der Waals surface area contributed by atoms with E-state index < -0.39 is 6.10 Å². The van der Waals surface area contributed by atoms with Gasteiger partial charge in [0.05, 0.1) is 0 Å². The third-order valence-electron chi connectivity index (χ3n) is 1.00. The van der Waals surface area contributed by atoms with Crippen LogP contribution in [0, 0.1) is 17.3 Å². The van der Waals surface area contributed by atoms with Crippen molar-refractivity contribution in [2.45, 2.75) is 33.3 Å². The van der Waals surface area contributed by atoms with E-state index in [2.05, 4.69) is 18.4 Å². The van der Waals surface area contributed by atoms with E-state index in [0.29, 0.717) is 6.42 Å². The molecule has 0 spiro atoms. The summed E-state index contributed by atoms with van der Waals surface area (Å²) >= 11 is 0. The van der Waals surface area contributed by atoms with E-state index in [9.17, 15) is 0 Å². The highest BCUT2D eigenvalue weighted by Crippen LogP contribution is 2.10. The van der Waals surface area contributed by atoms with Crippen LogP contribution < -0.4 is 0 Å². The summed E-state index contributed by atoms with van der Waals surface area (Å²) in [6.07, 6.45) is 1.66. The summed E-state index contributed by atoms with van der Waals surface area (Å²) in [4.78, 5) is 0. The molecule has 0 rings (SSSR count). The predicted octanol–water partition coefficient (Wildman–Crippen LogP) is 1.97. The summed E-state index contributed by atoms with van der Waals surface area (Å²) in [7, 11) is 0. The van der Waals surface area contributed by atoms with Crippen molar-refractivity contribution in [3.8, 4) is 11.8 Å². The van der Waals surface area contributed by atoms with Crippen LogP contribution in [0.4, 0.5) is 0 Å². The van der Waals surface area contributed by atoms with Gasteiger partial charge in [-0.25, -0.2) is 0 Å². The minimum absolute atomic E-state index is 0.0256. The number of hydrogen-bond donors (Lipinski definition) is 1. The van der Waals surface area contributed by atoms with Crippen molar-refractivity contribution in [3.05, 3.63) is 12.7 Å². The Morgan fingerprint density at radius 2 is 2.09 bits per heavy atom. The summed E-state index contributed by atoms with van der Waals surface area (Å²) in [6, 6.07) is 0. The first-order chi connectivity index (χ1) is 4.95. The molecule has 62 valence electrons. The van der Waals surface area contributed by atoms with Gasteiger partial charge in [-0.1, -0.05) is 17.9 Å². The van der Waals surface area contributed by atoms with Crippen molar-refractivity contribution in [1.29, 1.82) is 0 Å². The first kappa shape index (κ1) is 10.3. The van der Waals surface area contributed by atoms with Crippen molar-refractivity contribution >= 4 is 0 Å². The first-order valence-electron chi connectivity index (χ1n) is 3.77. The van der Waals surface area contributed by atoms with Crippen molar-refractivity contribution in [3.63, 3.8) is 0 Å². The van der Waals surface area contributed by atoms with E-state index in [-0.39, 0.29) is 5.41 Å². The van der Waals surface area contributed by atoms with E-state index in [1.54, 1.807) is 6.08 Å². The Morgan fingerprint density at radius 3 is 2.45 bits per heavy atom. The van der Waals surface area contributed by atoms with Crippen LogP contribution in [0.3, 0.4) is 0 Å². The zero-order chi connectivity index (χ0) is 8.91. The van der Waals surface area contributed by atoms with Crippen LogP contribution in [0.5, 0.6) is 0 Å². The van der Waals surface area contributed by atoms with Crippen LogP contribution in [0.15, 0.2) is 12.7 Å². The van der Waals surface area contributed by atoms with Gasteiger partial charge in [0.1, 0.15) is 6.10 Å². The fourth-order valence-corrected chi connectivity index (χ4v) is 0.517. The standard InChI is InChI=1S/C10H16O/c1-5-6-9(11)7-8-10(2,3)4/h5,9,11H,1,6H2,2-4H3/t9-/m1/s1. The van der Waals surface area contributed by atoms with Gasteiger partial charge in [-0.3, -0.25) is 0 Å². The van der Waals surface area contributed by atoms with Crippen LogP contribution in [-0.4, -0.2) is 11.2 Å². The van der Waals surface area contributed by atoms with E-state index in [1.807, 2.05) is 20.8 Å². The number of aliphatic hydroxyl groups is 1. The lowest BCUT2D eigenvalue weighted by Crippen LogP contribution is -2.05. The maximum absolute atomic E-state index is 9.17. The lowest BCUT2D eigenvalue weighted by Gasteiger charge is -2.07. The smallest absolute Gasteiger partial charge is 0.118 e. The highest BCUT2D eigenvalue weighted by Gasteiger charge is 2.04. The van der Waals surface area contributed by atoms with Crippen LogP contribution in [-0.2, 0) is 0 Å². The topological polar surface area (TPSA) is 20.2 Å². The molecule has 1 N–H and O–H groups in total. The molecule has 1 nitrogen and oxygen atoms in total. The molecule has 0 bridgehead atoms. The summed E-state index contributed by atoms with van der Waals surface area (Å²) in [5.74, 6) is 5.72. The van der Waals surface area contributed by atoms with Gasteiger partial charge in [-0.05, 0) is 20.8 Å². The van der Waals surface area contributed by atoms with E-state index in [0.717, 1.165) is 0 Å². The Labute approximate surface area is 69.1 Å². The van der Waals surface area contributed by atoms with Crippen molar-refractivity contribution in [2.24, 2.45) is 5.41 Å². The van der Waals surface area contributed by atoms with E-state index >= 15 is 0 Å². The van der Waals surface area contributed by atoms with Gasteiger partial charge >= 0.3 is 0 Å². The average molecular weight is 152 g/mol. The average Bonchev–Trinajstić information content (AvgIpc) is 1.83. The highest BCUT2D eigenvalue weighted by atomic mass is 16.3. The second-order valence-corrected chi connectivity index (χ2v) is 3.56. The highest BCUT2D eigenvalue weighted by molar-refractivity contribution is 5.11. The quantitative estimate of drug-likeness (QED) is 0.474. The molecule has 1 atom stereocenters. The molecular weight excluding hydrogens is 136 g/mol. The van der Waals surface area contributed by atoms with Gasteiger partial charge in [0, 0.05) is 11.8 Å². The van der Waals surface area contributed by atoms with Crippen LogP contribution in [0.2, 0.25) is 0 Å². The number of hydrogen-bond acceptors (Lipinski definition) is 1. The molecule has 0 aromatic rings. The molecule has 0 fully saturated rings. The third-order valence-corrected chi connectivity index (χ3v) is 1.00. The zero-order valence-corrected chi connectivity index (χ0v) is 7.52. The van der Waals surface area contributed by atoms with E-state index in [1.165, 1.54) is 0 Å². The molecule has 11 heavy (non-hydrogen) atoms. The Hall–Kier alpha value is -0.740. The molecule has 0 aliphatic rings. The predicted molar refractivity (Wildman–Crippen MR) is 48.1 cm³/mol. The maximum Gasteiger partial charge on any atom is 0.118 e. The first-order valence-corrected chi connectivity index (χ1v) is 3.77. The van der Waals surface area contributed by atoms with Crippen molar-refractivity contribution in [2.75, 3.05) is 0 Å². The molecular formula is C10H16O. The molecule has 0 aliphatic heterocycles. The molecule has 0 aromatic carbocycles. The van der Waals surface area contributed by atoms with Gasteiger partial charge in [-0.15, -0.1) is 6.58 Å². The molecule has 0 heterocycles. The second-order valence-electron chi connectivity index (χ2n) is 3.56. The normalized spacial score (nSPS) is 13.1. The minimum atomic E-state index is -0.549. The molecule has 0 saturated carbocycles. The number of rotatable bonds is 2. The summed E-state index contributed by atoms with van der Waals surface area (Å²) in [6.45, 7) is 9.56. The SMILES string of the molecule is C=CC[C@@H](O)C#CC(C)(C)C. The number of aliphatic hydroxyl groups excluding tert-OH is 1. The Kier molecular flexibility index (Phi) is 3.92. The van der Waals surface area contributed by atoms with E-state index in [4.69, 9.17) is 5.11 Å². The molecule has 0 amide bonds.